The Morgan fingerprint density at radius 2 is 1.89 bits per heavy atom. The van der Waals surface area contributed by atoms with Crippen molar-refractivity contribution in [3.63, 3.8) is 0 Å². The quantitative estimate of drug-likeness (QED) is 0.636. The molecule has 0 radical (unpaired) electrons. The van der Waals surface area contributed by atoms with Gasteiger partial charge in [0.25, 0.3) is 0 Å². The molecular weight excluding hydrogens is 254 g/mol. The number of rotatable bonds is 6. The molecule has 1 aromatic heterocycles. The zero-order valence-corrected chi connectivity index (χ0v) is 12.2. The second-order valence-corrected chi connectivity index (χ2v) is 5.28. The third-order valence-electron chi connectivity index (χ3n) is 2.55. The van der Waals surface area contributed by atoms with Crippen LogP contribution in [0.15, 0.2) is 41.4 Å². The highest BCUT2D eigenvalue weighted by Gasteiger charge is 2.06. The van der Waals surface area contributed by atoms with Crippen molar-refractivity contribution < 1.29 is 0 Å². The van der Waals surface area contributed by atoms with Gasteiger partial charge in [-0.25, -0.2) is 9.97 Å². The van der Waals surface area contributed by atoms with Crippen LogP contribution in [0.5, 0.6) is 0 Å². The van der Waals surface area contributed by atoms with Gasteiger partial charge < -0.3 is 5.32 Å². The van der Waals surface area contributed by atoms with Crippen LogP contribution in [0.2, 0.25) is 0 Å². The van der Waals surface area contributed by atoms with Gasteiger partial charge in [-0.3, -0.25) is 0 Å². The van der Waals surface area contributed by atoms with Crippen molar-refractivity contribution in [3.8, 4) is 11.4 Å². The number of benzene rings is 1. The first-order valence-electron chi connectivity index (χ1n) is 6.64. The summed E-state index contributed by atoms with van der Waals surface area (Å²) in [4.78, 5) is 9.20. The Balaban J connectivity index is 2.33. The first-order valence-corrected chi connectivity index (χ1v) is 7.63. The van der Waals surface area contributed by atoms with Crippen LogP contribution in [0.3, 0.4) is 0 Å². The standard InChI is InChI=1S/C15H19N3S/c1-3-10-19-14-11-13(16-4-2)17-15(18-14)12-8-6-5-7-9-12/h5-9,11H,3-4,10H2,1-2H3,(H,16,17,18). The molecule has 4 heteroatoms. The van der Waals surface area contributed by atoms with Gasteiger partial charge in [0.2, 0.25) is 0 Å². The smallest absolute Gasteiger partial charge is 0.162 e. The van der Waals surface area contributed by atoms with Crippen molar-refractivity contribution in [1.82, 2.24) is 9.97 Å². The van der Waals surface area contributed by atoms with Crippen LogP contribution in [0.1, 0.15) is 20.3 Å². The van der Waals surface area contributed by atoms with Crippen LogP contribution in [-0.2, 0) is 0 Å². The SMILES string of the molecule is CCCSc1cc(NCC)nc(-c2ccccc2)n1. The monoisotopic (exact) mass is 273 g/mol. The van der Waals surface area contributed by atoms with E-state index in [4.69, 9.17) is 0 Å². The van der Waals surface area contributed by atoms with Gasteiger partial charge in [0.1, 0.15) is 10.8 Å². The van der Waals surface area contributed by atoms with E-state index in [1.807, 2.05) is 36.4 Å². The Hall–Kier alpha value is -1.55. The highest BCUT2D eigenvalue weighted by molar-refractivity contribution is 7.99. The summed E-state index contributed by atoms with van der Waals surface area (Å²) in [7, 11) is 0. The van der Waals surface area contributed by atoms with E-state index in [2.05, 4.69) is 29.1 Å². The maximum atomic E-state index is 4.64. The molecule has 3 nitrogen and oxygen atoms in total. The molecule has 1 heterocycles. The predicted molar refractivity (Wildman–Crippen MR) is 82.6 cm³/mol. The van der Waals surface area contributed by atoms with E-state index in [-0.39, 0.29) is 0 Å². The summed E-state index contributed by atoms with van der Waals surface area (Å²) >= 11 is 1.78. The summed E-state index contributed by atoms with van der Waals surface area (Å²) in [5.74, 6) is 2.77. The molecule has 2 aromatic rings. The van der Waals surface area contributed by atoms with Gasteiger partial charge in [0.05, 0.1) is 0 Å². The zero-order chi connectivity index (χ0) is 13.5. The highest BCUT2D eigenvalue weighted by Crippen LogP contribution is 2.23. The number of hydrogen-bond acceptors (Lipinski definition) is 4. The van der Waals surface area contributed by atoms with Crippen molar-refractivity contribution in [2.75, 3.05) is 17.6 Å². The molecule has 100 valence electrons. The lowest BCUT2D eigenvalue weighted by Crippen LogP contribution is -2.02. The Bertz CT molecular complexity index is 514. The van der Waals surface area contributed by atoms with Gasteiger partial charge in [-0.2, -0.15) is 0 Å². The Morgan fingerprint density at radius 3 is 2.58 bits per heavy atom. The fraction of sp³-hybridized carbons (Fsp3) is 0.333. The number of aromatic nitrogens is 2. The molecule has 1 N–H and O–H groups in total. The van der Waals surface area contributed by atoms with Crippen LogP contribution in [0, 0.1) is 0 Å². The molecular formula is C15H19N3S. The van der Waals surface area contributed by atoms with Crippen molar-refractivity contribution >= 4 is 17.6 Å². The van der Waals surface area contributed by atoms with Crippen molar-refractivity contribution in [3.05, 3.63) is 36.4 Å². The first kappa shape index (κ1) is 13.9. The van der Waals surface area contributed by atoms with Gasteiger partial charge in [0.15, 0.2) is 5.82 Å². The number of thioether (sulfide) groups is 1. The zero-order valence-electron chi connectivity index (χ0n) is 11.4. The first-order chi connectivity index (χ1) is 9.33. The van der Waals surface area contributed by atoms with Crippen molar-refractivity contribution in [2.45, 2.75) is 25.3 Å². The molecule has 0 unspecified atom stereocenters. The van der Waals surface area contributed by atoms with Gasteiger partial charge in [-0.1, -0.05) is 37.3 Å². The lowest BCUT2D eigenvalue weighted by Gasteiger charge is -2.08. The number of hydrogen-bond donors (Lipinski definition) is 1. The Kier molecular flexibility index (Phi) is 5.21. The number of anilines is 1. The molecule has 0 bridgehead atoms. The van der Waals surface area contributed by atoms with Crippen molar-refractivity contribution in [1.29, 1.82) is 0 Å². The molecule has 0 aliphatic heterocycles. The normalized spacial score (nSPS) is 10.4. The van der Waals surface area contributed by atoms with Crippen LogP contribution < -0.4 is 5.32 Å². The minimum Gasteiger partial charge on any atom is -0.370 e. The van der Waals surface area contributed by atoms with E-state index in [0.717, 1.165) is 41.0 Å². The largest absolute Gasteiger partial charge is 0.370 e. The molecule has 0 fully saturated rings. The van der Waals surface area contributed by atoms with E-state index in [9.17, 15) is 0 Å². The van der Waals surface area contributed by atoms with E-state index >= 15 is 0 Å². The second kappa shape index (κ2) is 7.14. The van der Waals surface area contributed by atoms with E-state index < -0.39 is 0 Å². The average Bonchev–Trinajstić information content (AvgIpc) is 2.46. The fourth-order valence-electron chi connectivity index (χ4n) is 1.69. The molecule has 0 aliphatic carbocycles. The summed E-state index contributed by atoms with van der Waals surface area (Å²) in [6, 6.07) is 12.1. The van der Waals surface area contributed by atoms with Crippen LogP contribution in [0.25, 0.3) is 11.4 Å². The molecule has 0 atom stereocenters. The van der Waals surface area contributed by atoms with Crippen LogP contribution >= 0.6 is 11.8 Å². The van der Waals surface area contributed by atoms with Gasteiger partial charge in [-0.05, 0) is 19.1 Å². The number of nitrogens with zero attached hydrogens (tertiary/aromatic N) is 2. The minimum atomic E-state index is 0.789. The average molecular weight is 273 g/mol. The predicted octanol–water partition coefficient (Wildman–Crippen LogP) is 4.08. The summed E-state index contributed by atoms with van der Waals surface area (Å²) in [6.45, 7) is 5.11. The number of nitrogens with one attached hydrogen (secondary N) is 1. The molecule has 0 saturated heterocycles. The molecule has 0 saturated carbocycles. The fourth-order valence-corrected chi connectivity index (χ4v) is 2.45. The maximum absolute atomic E-state index is 4.64. The van der Waals surface area contributed by atoms with Crippen molar-refractivity contribution in [2.24, 2.45) is 0 Å². The Morgan fingerprint density at radius 1 is 1.11 bits per heavy atom. The molecule has 2 rings (SSSR count). The van der Waals surface area contributed by atoms with Gasteiger partial charge >= 0.3 is 0 Å². The van der Waals surface area contributed by atoms with Crippen LogP contribution in [0.4, 0.5) is 5.82 Å². The van der Waals surface area contributed by atoms with Crippen LogP contribution in [-0.4, -0.2) is 22.3 Å². The molecule has 0 aliphatic rings. The summed E-state index contributed by atoms with van der Waals surface area (Å²) < 4.78 is 0. The van der Waals surface area contributed by atoms with E-state index in [1.165, 1.54) is 0 Å². The summed E-state index contributed by atoms with van der Waals surface area (Å²) in [6.07, 6.45) is 1.14. The molecule has 0 spiro atoms. The van der Waals surface area contributed by atoms with Gasteiger partial charge in [-0.15, -0.1) is 11.8 Å². The summed E-state index contributed by atoms with van der Waals surface area (Å²) in [5.41, 5.74) is 1.06. The highest BCUT2D eigenvalue weighted by atomic mass is 32.2. The third kappa shape index (κ3) is 3.96. The lowest BCUT2D eigenvalue weighted by molar-refractivity contribution is 1.03. The topological polar surface area (TPSA) is 37.8 Å². The van der Waals surface area contributed by atoms with E-state index in [1.54, 1.807) is 11.8 Å². The molecule has 0 amide bonds. The van der Waals surface area contributed by atoms with E-state index in [0.29, 0.717) is 0 Å². The lowest BCUT2D eigenvalue weighted by atomic mass is 10.2. The van der Waals surface area contributed by atoms with Gasteiger partial charge in [0, 0.05) is 18.2 Å². The second-order valence-electron chi connectivity index (χ2n) is 4.16. The maximum Gasteiger partial charge on any atom is 0.162 e. The third-order valence-corrected chi connectivity index (χ3v) is 3.66. The summed E-state index contributed by atoms with van der Waals surface area (Å²) in [5, 5.41) is 4.30. The Labute approximate surface area is 118 Å². The molecule has 19 heavy (non-hydrogen) atoms. The minimum absolute atomic E-state index is 0.789. The molecule has 1 aromatic carbocycles.